The highest BCUT2D eigenvalue weighted by Gasteiger charge is 2.69. The van der Waals surface area contributed by atoms with E-state index in [2.05, 4.69) is 0 Å². The fourth-order valence-electron chi connectivity index (χ4n) is 3.96. The molecule has 2 aliphatic carbocycles. The van der Waals surface area contributed by atoms with Gasteiger partial charge in [0.05, 0.1) is 17.4 Å². The van der Waals surface area contributed by atoms with Crippen molar-refractivity contribution in [3.05, 3.63) is 0 Å². The average molecular weight is 268 g/mol. The minimum Gasteiger partial charge on any atom is -0.458 e. The molecule has 0 amide bonds. The maximum Gasteiger partial charge on any atom is 0.312 e. The van der Waals surface area contributed by atoms with Crippen LogP contribution in [-0.4, -0.2) is 34.9 Å². The van der Waals surface area contributed by atoms with E-state index in [0.29, 0.717) is 0 Å². The molecular formula is C14H20O5. The normalized spacial score (nSPS) is 43.5. The Kier molecular flexibility index (Phi) is 2.53. The quantitative estimate of drug-likeness (QED) is 0.774. The van der Waals surface area contributed by atoms with E-state index in [4.69, 9.17) is 9.47 Å². The SMILES string of the molecule is CC(C)(O)CC(=O)OC1C2CC3C1OC(=O)C3(C)C2. The number of fused-ring (bicyclic) bond motifs is 1. The third kappa shape index (κ3) is 1.86. The van der Waals surface area contributed by atoms with E-state index >= 15 is 0 Å². The second-order valence-electron chi connectivity index (χ2n) is 7.04. The summed E-state index contributed by atoms with van der Waals surface area (Å²) in [7, 11) is 0. The zero-order valence-corrected chi connectivity index (χ0v) is 11.5. The number of rotatable bonds is 3. The molecule has 3 fully saturated rings. The van der Waals surface area contributed by atoms with Crippen molar-refractivity contribution in [3.8, 4) is 0 Å². The molecular weight excluding hydrogens is 248 g/mol. The van der Waals surface area contributed by atoms with Crippen molar-refractivity contribution < 1.29 is 24.2 Å². The topological polar surface area (TPSA) is 72.8 Å². The molecule has 0 aromatic heterocycles. The number of aliphatic hydroxyl groups is 1. The average Bonchev–Trinajstić information content (AvgIpc) is 2.77. The number of hydrogen-bond donors (Lipinski definition) is 1. The van der Waals surface area contributed by atoms with Crippen LogP contribution in [0.5, 0.6) is 0 Å². The smallest absolute Gasteiger partial charge is 0.312 e. The summed E-state index contributed by atoms with van der Waals surface area (Å²) in [6, 6.07) is 0. The summed E-state index contributed by atoms with van der Waals surface area (Å²) in [5, 5.41) is 9.62. The van der Waals surface area contributed by atoms with Crippen molar-refractivity contribution in [2.24, 2.45) is 17.3 Å². The molecule has 0 aromatic rings. The number of carbonyl (C=O) groups excluding carboxylic acids is 2. The molecule has 19 heavy (non-hydrogen) atoms. The lowest BCUT2D eigenvalue weighted by molar-refractivity contribution is -0.165. The van der Waals surface area contributed by atoms with Gasteiger partial charge in [-0.05, 0) is 33.6 Å². The van der Waals surface area contributed by atoms with E-state index in [1.165, 1.54) is 0 Å². The highest BCUT2D eigenvalue weighted by atomic mass is 16.6. The van der Waals surface area contributed by atoms with Crippen LogP contribution in [0.25, 0.3) is 0 Å². The fourth-order valence-corrected chi connectivity index (χ4v) is 3.96. The predicted octanol–water partition coefficient (Wildman–Crippen LogP) is 1.03. The molecule has 5 nitrogen and oxygen atoms in total. The molecule has 5 atom stereocenters. The van der Waals surface area contributed by atoms with E-state index in [1.54, 1.807) is 13.8 Å². The Bertz CT molecular complexity index is 438. The molecule has 1 heterocycles. The maximum atomic E-state index is 11.9. The summed E-state index contributed by atoms with van der Waals surface area (Å²) in [4.78, 5) is 23.7. The van der Waals surface area contributed by atoms with Gasteiger partial charge in [-0.2, -0.15) is 0 Å². The van der Waals surface area contributed by atoms with Gasteiger partial charge in [-0.1, -0.05) is 0 Å². The van der Waals surface area contributed by atoms with E-state index in [-0.39, 0.29) is 41.8 Å². The monoisotopic (exact) mass is 268 g/mol. The number of esters is 2. The Labute approximate surface area is 112 Å². The molecule has 2 bridgehead atoms. The van der Waals surface area contributed by atoms with Crippen LogP contribution in [0.1, 0.15) is 40.0 Å². The summed E-state index contributed by atoms with van der Waals surface area (Å²) in [6.45, 7) is 5.10. The van der Waals surface area contributed by atoms with Crippen LogP contribution < -0.4 is 0 Å². The second kappa shape index (κ2) is 3.72. The van der Waals surface area contributed by atoms with Gasteiger partial charge in [0.1, 0.15) is 12.2 Å². The zero-order chi connectivity index (χ0) is 14.0. The van der Waals surface area contributed by atoms with Gasteiger partial charge in [0.15, 0.2) is 0 Å². The molecule has 1 N–H and O–H groups in total. The van der Waals surface area contributed by atoms with Crippen LogP contribution in [0, 0.1) is 17.3 Å². The number of carbonyl (C=O) groups is 2. The molecule has 5 unspecified atom stereocenters. The van der Waals surface area contributed by atoms with Crippen molar-refractivity contribution in [3.63, 3.8) is 0 Å². The summed E-state index contributed by atoms with van der Waals surface area (Å²) in [5.74, 6) is -0.164. The van der Waals surface area contributed by atoms with Crippen molar-refractivity contribution in [1.29, 1.82) is 0 Å². The molecule has 1 saturated heterocycles. The molecule has 5 heteroatoms. The first-order chi connectivity index (χ1) is 8.71. The van der Waals surface area contributed by atoms with E-state index < -0.39 is 11.6 Å². The van der Waals surface area contributed by atoms with Gasteiger partial charge in [-0.15, -0.1) is 0 Å². The zero-order valence-electron chi connectivity index (χ0n) is 11.5. The van der Waals surface area contributed by atoms with Crippen LogP contribution in [0.15, 0.2) is 0 Å². The van der Waals surface area contributed by atoms with Crippen molar-refractivity contribution >= 4 is 11.9 Å². The van der Waals surface area contributed by atoms with Gasteiger partial charge < -0.3 is 14.6 Å². The van der Waals surface area contributed by atoms with Crippen LogP contribution in [0.2, 0.25) is 0 Å². The van der Waals surface area contributed by atoms with Gasteiger partial charge >= 0.3 is 11.9 Å². The number of ether oxygens (including phenoxy) is 2. The second-order valence-corrected chi connectivity index (χ2v) is 7.04. The van der Waals surface area contributed by atoms with Gasteiger partial charge in [0, 0.05) is 11.8 Å². The highest BCUT2D eigenvalue weighted by molar-refractivity contribution is 5.81. The summed E-state index contributed by atoms with van der Waals surface area (Å²) in [5.41, 5.74) is -1.44. The van der Waals surface area contributed by atoms with Gasteiger partial charge in [0.2, 0.25) is 0 Å². The Morgan fingerprint density at radius 2 is 2.26 bits per heavy atom. The molecule has 106 valence electrons. The number of hydrogen-bond acceptors (Lipinski definition) is 5. The van der Waals surface area contributed by atoms with Crippen LogP contribution in [0.3, 0.4) is 0 Å². The summed E-state index contributed by atoms with van der Waals surface area (Å²) < 4.78 is 10.9. The molecule has 1 aliphatic heterocycles. The molecule has 0 spiro atoms. The first-order valence-electron chi connectivity index (χ1n) is 6.84. The highest BCUT2D eigenvalue weighted by Crippen LogP contribution is 2.62. The van der Waals surface area contributed by atoms with Gasteiger partial charge in [-0.25, -0.2) is 0 Å². The Balaban J connectivity index is 1.69. The lowest BCUT2D eigenvalue weighted by atomic mass is 9.75. The molecule has 0 aromatic carbocycles. The minimum absolute atomic E-state index is 0.0428. The van der Waals surface area contributed by atoms with Crippen molar-refractivity contribution in [1.82, 2.24) is 0 Å². The largest absolute Gasteiger partial charge is 0.458 e. The first kappa shape index (κ1) is 12.9. The first-order valence-corrected chi connectivity index (χ1v) is 6.84. The third-order valence-corrected chi connectivity index (χ3v) is 4.80. The fraction of sp³-hybridized carbons (Fsp3) is 0.857. The van der Waals surface area contributed by atoms with Gasteiger partial charge in [0.25, 0.3) is 0 Å². The van der Waals surface area contributed by atoms with Crippen LogP contribution in [-0.2, 0) is 19.1 Å². The Morgan fingerprint density at radius 1 is 1.58 bits per heavy atom. The molecule has 3 rings (SSSR count). The van der Waals surface area contributed by atoms with Crippen molar-refractivity contribution in [2.75, 3.05) is 0 Å². The van der Waals surface area contributed by atoms with Crippen LogP contribution >= 0.6 is 0 Å². The Morgan fingerprint density at radius 3 is 2.89 bits per heavy atom. The predicted molar refractivity (Wildman–Crippen MR) is 65.0 cm³/mol. The molecule has 3 aliphatic rings. The standard InChI is InChI=1S/C14H20O5/c1-13(2,17)6-9(15)18-10-7-4-8-11(10)19-12(16)14(8,3)5-7/h7-8,10-11,17H,4-6H2,1-3H3. The third-order valence-electron chi connectivity index (χ3n) is 4.80. The van der Waals surface area contributed by atoms with E-state index in [9.17, 15) is 14.7 Å². The lowest BCUT2D eigenvalue weighted by Gasteiger charge is -2.29. The molecule has 2 saturated carbocycles. The van der Waals surface area contributed by atoms with Gasteiger partial charge in [-0.3, -0.25) is 9.59 Å². The van der Waals surface area contributed by atoms with Crippen molar-refractivity contribution in [2.45, 2.75) is 57.8 Å². The maximum absolute atomic E-state index is 11.9. The summed E-state index contributed by atoms with van der Waals surface area (Å²) in [6.07, 6.45) is 1.00. The summed E-state index contributed by atoms with van der Waals surface area (Å²) >= 11 is 0. The minimum atomic E-state index is -1.07. The van der Waals surface area contributed by atoms with E-state index in [1.807, 2.05) is 6.92 Å². The molecule has 0 radical (unpaired) electrons. The van der Waals surface area contributed by atoms with E-state index in [0.717, 1.165) is 12.8 Å². The Hall–Kier alpha value is -1.10. The van der Waals surface area contributed by atoms with Crippen LogP contribution in [0.4, 0.5) is 0 Å². The lowest BCUT2D eigenvalue weighted by Crippen LogP contribution is -2.40.